The molecule has 0 aliphatic rings. The van der Waals surface area contributed by atoms with E-state index in [1.54, 1.807) is 37.4 Å². The van der Waals surface area contributed by atoms with E-state index in [2.05, 4.69) is 10.6 Å². The average molecular weight is 351 g/mol. The second-order valence-corrected chi connectivity index (χ2v) is 5.24. The molecule has 128 valence electrons. The molecule has 2 N–H and O–H groups in total. The Kier molecular flexibility index (Phi) is 6.14. The van der Waals surface area contributed by atoms with Crippen molar-refractivity contribution in [2.75, 3.05) is 26.6 Å². The molecule has 0 bridgehead atoms. The Bertz CT molecular complexity index is 704. The van der Waals surface area contributed by atoms with Crippen LogP contribution in [0.1, 0.15) is 5.56 Å². The molecule has 6 nitrogen and oxygen atoms in total. The quantitative estimate of drug-likeness (QED) is 0.833. The number of urea groups is 1. The Hall–Kier alpha value is -2.60. The van der Waals surface area contributed by atoms with Gasteiger partial charge in [0.15, 0.2) is 11.5 Å². The normalized spacial score (nSPS) is 10.0. The van der Waals surface area contributed by atoms with Gasteiger partial charge in [-0.25, -0.2) is 4.79 Å². The molecule has 0 unspecified atom stereocenters. The van der Waals surface area contributed by atoms with Crippen LogP contribution in [0.3, 0.4) is 0 Å². The summed E-state index contributed by atoms with van der Waals surface area (Å²) in [4.78, 5) is 12.0. The van der Waals surface area contributed by atoms with Gasteiger partial charge in [0.05, 0.1) is 21.3 Å². The summed E-state index contributed by atoms with van der Waals surface area (Å²) in [5.74, 6) is 1.56. The first-order valence-corrected chi connectivity index (χ1v) is 7.55. The monoisotopic (exact) mass is 350 g/mol. The smallest absolute Gasteiger partial charge is 0.319 e. The first-order chi connectivity index (χ1) is 11.6. The van der Waals surface area contributed by atoms with Crippen molar-refractivity contribution in [2.24, 2.45) is 0 Å². The van der Waals surface area contributed by atoms with Crippen LogP contribution in [-0.2, 0) is 6.54 Å². The average Bonchev–Trinajstić information content (AvgIpc) is 2.60. The topological polar surface area (TPSA) is 68.8 Å². The third-order valence-electron chi connectivity index (χ3n) is 3.33. The predicted octanol–water partition coefficient (Wildman–Crippen LogP) is 3.69. The van der Waals surface area contributed by atoms with Gasteiger partial charge >= 0.3 is 6.03 Å². The van der Waals surface area contributed by atoms with Crippen LogP contribution in [0.4, 0.5) is 10.5 Å². The van der Waals surface area contributed by atoms with Crippen LogP contribution in [0.25, 0.3) is 0 Å². The Morgan fingerprint density at radius 2 is 1.62 bits per heavy atom. The molecule has 0 saturated carbocycles. The number of nitrogens with one attached hydrogen (secondary N) is 2. The van der Waals surface area contributed by atoms with E-state index in [-0.39, 0.29) is 12.6 Å². The molecule has 0 saturated heterocycles. The molecule has 24 heavy (non-hydrogen) atoms. The van der Waals surface area contributed by atoms with Gasteiger partial charge in [-0.3, -0.25) is 0 Å². The molecule has 0 radical (unpaired) electrons. The summed E-state index contributed by atoms with van der Waals surface area (Å²) in [6.07, 6.45) is 0. The molecule has 0 heterocycles. The molecule has 0 aromatic heterocycles. The van der Waals surface area contributed by atoms with Crippen molar-refractivity contribution < 1.29 is 19.0 Å². The van der Waals surface area contributed by atoms with Gasteiger partial charge < -0.3 is 24.8 Å². The van der Waals surface area contributed by atoms with Crippen LogP contribution in [0, 0.1) is 0 Å². The van der Waals surface area contributed by atoms with Gasteiger partial charge in [-0.15, -0.1) is 0 Å². The number of rotatable bonds is 6. The zero-order valence-corrected chi connectivity index (χ0v) is 14.4. The summed E-state index contributed by atoms with van der Waals surface area (Å²) in [5.41, 5.74) is 1.41. The van der Waals surface area contributed by atoms with Gasteiger partial charge in [-0.05, 0) is 36.4 Å². The van der Waals surface area contributed by atoms with Gasteiger partial charge in [0.25, 0.3) is 0 Å². The van der Waals surface area contributed by atoms with E-state index in [1.807, 2.05) is 6.07 Å². The molecule has 2 rings (SSSR count). The Morgan fingerprint density at radius 3 is 2.21 bits per heavy atom. The highest BCUT2D eigenvalue weighted by Crippen LogP contribution is 2.39. The van der Waals surface area contributed by atoms with Gasteiger partial charge in [-0.1, -0.05) is 11.6 Å². The van der Waals surface area contributed by atoms with Crippen LogP contribution in [0.5, 0.6) is 17.2 Å². The zero-order valence-electron chi connectivity index (χ0n) is 13.7. The minimum absolute atomic E-state index is 0.267. The second-order valence-electron chi connectivity index (χ2n) is 4.81. The van der Waals surface area contributed by atoms with Crippen LogP contribution >= 0.6 is 11.6 Å². The van der Waals surface area contributed by atoms with E-state index < -0.39 is 0 Å². The van der Waals surface area contributed by atoms with Crippen LogP contribution in [0.2, 0.25) is 5.02 Å². The van der Waals surface area contributed by atoms with E-state index in [4.69, 9.17) is 25.8 Å². The van der Waals surface area contributed by atoms with E-state index in [9.17, 15) is 4.79 Å². The van der Waals surface area contributed by atoms with Crippen molar-refractivity contribution in [1.82, 2.24) is 5.32 Å². The number of carbonyl (C=O) groups excluding carboxylic acids is 1. The lowest BCUT2D eigenvalue weighted by molar-refractivity contribution is 0.251. The molecule has 0 aliphatic carbocycles. The van der Waals surface area contributed by atoms with E-state index in [0.29, 0.717) is 28.0 Å². The van der Waals surface area contributed by atoms with Crippen molar-refractivity contribution in [3.05, 3.63) is 47.0 Å². The van der Waals surface area contributed by atoms with Crippen molar-refractivity contribution >= 4 is 23.3 Å². The molecule has 2 aromatic rings. The maximum absolute atomic E-state index is 12.0. The maximum Gasteiger partial charge on any atom is 0.319 e. The molecule has 0 atom stereocenters. The largest absolute Gasteiger partial charge is 0.493 e. The molecular weight excluding hydrogens is 332 g/mol. The first-order valence-electron chi connectivity index (χ1n) is 7.17. The third kappa shape index (κ3) is 4.23. The Morgan fingerprint density at radius 1 is 0.958 bits per heavy atom. The highest BCUT2D eigenvalue weighted by Gasteiger charge is 2.16. The number of anilines is 1. The predicted molar refractivity (Wildman–Crippen MR) is 93.4 cm³/mol. The molecular formula is C17H19ClN2O4. The second kappa shape index (κ2) is 8.31. The fraction of sp³-hybridized carbons (Fsp3) is 0.235. The standard InChI is InChI=1S/C17H19ClN2O4/c1-22-14-9-4-11(15(23-2)16(14)24-3)10-19-17(21)20-13-7-5-12(18)6-8-13/h4-9H,10H2,1-3H3,(H2,19,20,21). The van der Waals surface area contributed by atoms with Crippen molar-refractivity contribution in [3.8, 4) is 17.2 Å². The van der Waals surface area contributed by atoms with E-state index in [1.165, 1.54) is 14.2 Å². The number of hydrogen-bond donors (Lipinski definition) is 2. The molecule has 0 fully saturated rings. The van der Waals surface area contributed by atoms with Gasteiger partial charge in [-0.2, -0.15) is 0 Å². The Balaban J connectivity index is 2.05. The van der Waals surface area contributed by atoms with Crippen LogP contribution in [-0.4, -0.2) is 27.4 Å². The SMILES string of the molecule is COc1ccc(CNC(=O)Nc2ccc(Cl)cc2)c(OC)c1OC. The van der Waals surface area contributed by atoms with Crippen molar-refractivity contribution in [2.45, 2.75) is 6.54 Å². The number of ether oxygens (including phenoxy) is 3. The first kappa shape index (κ1) is 17.7. The summed E-state index contributed by atoms with van der Waals surface area (Å²) < 4.78 is 15.9. The highest BCUT2D eigenvalue weighted by molar-refractivity contribution is 6.30. The summed E-state index contributed by atoms with van der Waals surface area (Å²) in [6, 6.07) is 10.1. The molecule has 0 aliphatic heterocycles. The Labute approximate surface area is 145 Å². The van der Waals surface area contributed by atoms with Crippen molar-refractivity contribution in [1.29, 1.82) is 0 Å². The van der Waals surface area contributed by atoms with Gasteiger partial charge in [0.1, 0.15) is 0 Å². The van der Waals surface area contributed by atoms with Gasteiger partial charge in [0, 0.05) is 22.8 Å². The van der Waals surface area contributed by atoms with Crippen LogP contribution in [0.15, 0.2) is 36.4 Å². The third-order valence-corrected chi connectivity index (χ3v) is 3.58. The maximum atomic E-state index is 12.0. The van der Waals surface area contributed by atoms with E-state index >= 15 is 0 Å². The lowest BCUT2D eigenvalue weighted by Crippen LogP contribution is -2.28. The molecule has 2 amide bonds. The molecule has 0 spiro atoms. The fourth-order valence-corrected chi connectivity index (χ4v) is 2.31. The lowest BCUT2D eigenvalue weighted by atomic mass is 10.1. The number of benzene rings is 2. The molecule has 7 heteroatoms. The summed E-state index contributed by atoms with van der Waals surface area (Å²) in [6.45, 7) is 0.267. The van der Waals surface area contributed by atoms with E-state index in [0.717, 1.165) is 5.56 Å². The lowest BCUT2D eigenvalue weighted by Gasteiger charge is -2.16. The number of hydrogen-bond acceptors (Lipinski definition) is 4. The highest BCUT2D eigenvalue weighted by atomic mass is 35.5. The summed E-state index contributed by atoms with van der Waals surface area (Å²) >= 11 is 5.81. The summed E-state index contributed by atoms with van der Waals surface area (Å²) in [5, 5.41) is 6.10. The van der Waals surface area contributed by atoms with Gasteiger partial charge in [0.2, 0.25) is 5.75 Å². The number of halogens is 1. The minimum Gasteiger partial charge on any atom is -0.493 e. The van der Waals surface area contributed by atoms with Crippen molar-refractivity contribution in [3.63, 3.8) is 0 Å². The molecule has 2 aromatic carbocycles. The number of carbonyl (C=O) groups is 1. The zero-order chi connectivity index (χ0) is 17.5. The number of methoxy groups -OCH3 is 3. The minimum atomic E-state index is -0.339. The van der Waals surface area contributed by atoms with Crippen LogP contribution < -0.4 is 24.8 Å². The fourth-order valence-electron chi connectivity index (χ4n) is 2.19. The summed E-state index contributed by atoms with van der Waals surface area (Å²) in [7, 11) is 4.62. The number of amides is 2.